The van der Waals surface area contributed by atoms with Crippen LogP contribution in [0.5, 0.6) is 11.5 Å². The van der Waals surface area contributed by atoms with Crippen LogP contribution >= 0.6 is 11.6 Å². The van der Waals surface area contributed by atoms with Gasteiger partial charge < -0.3 is 29.5 Å². The topological polar surface area (TPSA) is 143 Å². The Hall–Kier alpha value is -4.56. The molecule has 2 unspecified atom stereocenters. The highest BCUT2D eigenvalue weighted by Crippen LogP contribution is 2.41. The second-order valence-corrected chi connectivity index (χ2v) is 13.7. The summed E-state index contributed by atoms with van der Waals surface area (Å²) in [6, 6.07) is 3.83. The molecule has 2 atom stereocenters. The number of carbonyl (C=O) groups excluding carboxylic acids is 1. The van der Waals surface area contributed by atoms with E-state index in [0.29, 0.717) is 5.69 Å². The molecule has 0 radical (unpaired) electrons. The van der Waals surface area contributed by atoms with Crippen molar-refractivity contribution in [3.63, 3.8) is 0 Å². The number of benzene rings is 1. The van der Waals surface area contributed by atoms with Crippen molar-refractivity contribution >= 4 is 34.5 Å². The zero-order valence-electron chi connectivity index (χ0n) is 28.3. The summed E-state index contributed by atoms with van der Waals surface area (Å²) >= 11 is 6.73. The van der Waals surface area contributed by atoms with E-state index in [9.17, 15) is 24.2 Å². The van der Waals surface area contributed by atoms with Gasteiger partial charge >= 0.3 is 11.8 Å². The monoisotopic (exact) mass is 700 g/mol. The average molecular weight is 701 g/mol. The van der Waals surface area contributed by atoms with Crippen LogP contribution in [0.15, 0.2) is 35.3 Å². The summed E-state index contributed by atoms with van der Waals surface area (Å²) in [4.78, 5) is 44.4. The fourth-order valence-electron chi connectivity index (χ4n) is 5.84. The zero-order valence-corrected chi connectivity index (χ0v) is 29.0. The Kier molecular flexibility index (Phi) is 10.0. The van der Waals surface area contributed by atoms with Crippen molar-refractivity contribution in [3.8, 4) is 28.4 Å². The first kappa shape index (κ1) is 35.7. The highest BCUT2D eigenvalue weighted by Gasteiger charge is 2.37. The zero-order chi connectivity index (χ0) is 35.9. The van der Waals surface area contributed by atoms with Gasteiger partial charge in [0.05, 0.1) is 34.0 Å². The molecule has 4 heterocycles. The Morgan fingerprint density at radius 2 is 1.80 bits per heavy atom. The highest BCUT2D eigenvalue weighted by atomic mass is 35.5. The Morgan fingerprint density at radius 1 is 1.10 bits per heavy atom. The minimum Gasteiger partial charge on any atom is -0.504 e. The lowest BCUT2D eigenvalue weighted by molar-refractivity contribution is 0.0130. The number of hydrogen-bond donors (Lipinski definition) is 2. The van der Waals surface area contributed by atoms with Gasteiger partial charge in [-0.1, -0.05) is 25.4 Å². The number of anilines is 1. The van der Waals surface area contributed by atoms with E-state index >= 15 is 4.39 Å². The first-order valence-electron chi connectivity index (χ1n) is 15.8. The van der Waals surface area contributed by atoms with Crippen LogP contribution < -0.4 is 15.3 Å². The number of piperazine rings is 1. The molecule has 0 aliphatic carbocycles. The van der Waals surface area contributed by atoms with Gasteiger partial charge in [-0.25, -0.2) is 27.9 Å². The van der Waals surface area contributed by atoms with Gasteiger partial charge in [0.15, 0.2) is 17.2 Å². The van der Waals surface area contributed by atoms with Gasteiger partial charge in [0.1, 0.15) is 35.3 Å². The third kappa shape index (κ3) is 6.97. The molecule has 49 heavy (non-hydrogen) atoms. The van der Waals surface area contributed by atoms with Crippen LogP contribution in [-0.2, 0) is 4.74 Å². The van der Waals surface area contributed by atoms with Gasteiger partial charge in [-0.3, -0.25) is 4.98 Å². The number of phenols is 1. The number of ether oxygens (including phenoxy) is 2. The summed E-state index contributed by atoms with van der Waals surface area (Å²) < 4.78 is 42.4. The average Bonchev–Trinajstić information content (AvgIpc) is 3.02. The van der Waals surface area contributed by atoms with Crippen LogP contribution in [0.3, 0.4) is 0 Å². The quantitative estimate of drug-likeness (QED) is 0.243. The second-order valence-electron chi connectivity index (χ2n) is 13.2. The standard InChI is InChI=1S/C34H39ClF2N6O6/c1-17(2)26-28(24(10-11-38-26)48-13-12-44)43-31-20(14-21(35)27(39-31)25-22(36)8-9-23(37)29(25)45)30(40-32(43)46)41-15-19(4)42(16-18(41)3)33(47)49-34(5,6)7/h8-11,14,17-19,44-45H,12-13,15-16H2,1-7H3. The summed E-state index contributed by atoms with van der Waals surface area (Å²) in [7, 11) is 0. The van der Waals surface area contributed by atoms with Crippen molar-refractivity contribution in [2.75, 3.05) is 31.2 Å². The van der Waals surface area contributed by atoms with E-state index in [1.165, 1.54) is 18.3 Å². The normalized spacial score (nSPS) is 16.8. The van der Waals surface area contributed by atoms with Gasteiger partial charge in [-0.05, 0) is 58.7 Å². The number of halogens is 3. The molecule has 1 amide bonds. The summed E-state index contributed by atoms with van der Waals surface area (Å²) in [5.41, 5.74) is -1.86. The molecule has 12 nitrogen and oxygen atoms in total. The van der Waals surface area contributed by atoms with Crippen molar-refractivity contribution in [2.24, 2.45) is 0 Å². The van der Waals surface area contributed by atoms with E-state index < -0.39 is 40.3 Å². The molecule has 1 saturated heterocycles. The molecule has 1 aromatic carbocycles. The van der Waals surface area contributed by atoms with Crippen LogP contribution in [0, 0.1) is 11.6 Å². The van der Waals surface area contributed by atoms with Gasteiger partial charge in [0.2, 0.25) is 0 Å². The molecular formula is C34H39ClF2N6O6. The van der Waals surface area contributed by atoms with Crippen LogP contribution in [-0.4, -0.2) is 84.7 Å². The second kappa shape index (κ2) is 13.7. The maximum absolute atomic E-state index is 15.2. The largest absolute Gasteiger partial charge is 0.504 e. The van der Waals surface area contributed by atoms with Gasteiger partial charge in [-0.15, -0.1) is 0 Å². The lowest BCUT2D eigenvalue weighted by Gasteiger charge is -2.44. The molecule has 0 saturated carbocycles. The van der Waals surface area contributed by atoms with Gasteiger partial charge in [0.25, 0.3) is 0 Å². The molecular weight excluding hydrogens is 662 g/mol. The number of phenolic OH excluding ortho intramolecular Hbond substituents is 1. The summed E-state index contributed by atoms with van der Waals surface area (Å²) in [5, 5.41) is 20.2. The summed E-state index contributed by atoms with van der Waals surface area (Å²) in [6.07, 6.45) is 1.03. The Morgan fingerprint density at radius 3 is 2.45 bits per heavy atom. The fourth-order valence-corrected chi connectivity index (χ4v) is 6.08. The van der Waals surface area contributed by atoms with E-state index in [1.54, 1.807) is 25.7 Å². The van der Waals surface area contributed by atoms with Crippen molar-refractivity contribution in [1.29, 1.82) is 0 Å². The first-order valence-corrected chi connectivity index (χ1v) is 16.2. The SMILES string of the molecule is CC(C)c1nccc(OCCO)c1-n1c(=O)nc(N2CC(C)N(C(=O)OC(C)(C)C)CC2C)c2cc(Cl)c(-c3c(F)ccc(F)c3O)nc21. The molecule has 2 N–H and O–H groups in total. The molecule has 1 aliphatic heterocycles. The predicted molar refractivity (Wildman–Crippen MR) is 181 cm³/mol. The first-order chi connectivity index (χ1) is 23.0. The molecule has 0 bridgehead atoms. The van der Waals surface area contributed by atoms with E-state index in [2.05, 4.69) is 15.0 Å². The molecule has 3 aromatic heterocycles. The number of aliphatic hydroxyl groups is 1. The van der Waals surface area contributed by atoms with Crippen LogP contribution in [0.25, 0.3) is 28.0 Å². The van der Waals surface area contributed by atoms with Crippen LogP contribution in [0.1, 0.15) is 60.1 Å². The number of aliphatic hydroxyl groups excluding tert-OH is 1. The lowest BCUT2D eigenvalue weighted by Crippen LogP contribution is -2.59. The third-order valence-corrected chi connectivity index (χ3v) is 8.33. The number of pyridine rings is 2. The Labute approximate surface area is 286 Å². The molecule has 1 aliphatic rings. The number of hydrogen-bond acceptors (Lipinski definition) is 10. The molecule has 15 heteroatoms. The van der Waals surface area contributed by atoms with Crippen molar-refractivity contribution in [2.45, 2.75) is 72.1 Å². The number of rotatable bonds is 7. The maximum Gasteiger partial charge on any atom is 0.410 e. The minimum atomic E-state index is -1.10. The van der Waals surface area contributed by atoms with Crippen molar-refractivity contribution in [1.82, 2.24) is 24.4 Å². The van der Waals surface area contributed by atoms with Crippen molar-refractivity contribution in [3.05, 3.63) is 63.3 Å². The van der Waals surface area contributed by atoms with Crippen LogP contribution in [0.4, 0.5) is 19.4 Å². The number of nitrogens with zero attached hydrogens (tertiary/aromatic N) is 6. The predicted octanol–water partition coefficient (Wildman–Crippen LogP) is 5.81. The molecule has 262 valence electrons. The number of fused-ring (bicyclic) bond motifs is 1. The van der Waals surface area contributed by atoms with Gasteiger partial charge in [0, 0.05) is 37.4 Å². The van der Waals surface area contributed by atoms with E-state index in [0.717, 1.165) is 16.7 Å². The number of amides is 1. The number of carbonyl (C=O) groups is 1. The molecule has 4 aromatic rings. The highest BCUT2D eigenvalue weighted by molar-refractivity contribution is 6.34. The number of aromatic nitrogens is 4. The van der Waals surface area contributed by atoms with E-state index in [1.807, 2.05) is 32.6 Å². The smallest absolute Gasteiger partial charge is 0.410 e. The summed E-state index contributed by atoms with van der Waals surface area (Å²) in [5.74, 6) is -2.95. The lowest BCUT2D eigenvalue weighted by atomic mass is 10.1. The Bertz CT molecular complexity index is 1970. The van der Waals surface area contributed by atoms with Crippen molar-refractivity contribution < 1.29 is 33.3 Å². The minimum absolute atomic E-state index is 0.0596. The van der Waals surface area contributed by atoms with Gasteiger partial charge in [-0.2, -0.15) is 4.98 Å². The Balaban J connectivity index is 1.80. The van der Waals surface area contributed by atoms with Crippen LogP contribution in [0.2, 0.25) is 5.02 Å². The molecule has 1 fully saturated rings. The third-order valence-electron chi connectivity index (χ3n) is 8.04. The number of aromatic hydroxyl groups is 1. The maximum atomic E-state index is 15.2. The fraction of sp³-hybridized carbons (Fsp3) is 0.441. The molecule has 0 spiro atoms. The van der Waals surface area contributed by atoms with E-state index in [-0.39, 0.29) is 83.3 Å². The summed E-state index contributed by atoms with van der Waals surface area (Å²) in [6.45, 7) is 12.9. The molecule has 5 rings (SSSR count). The van der Waals surface area contributed by atoms with E-state index in [4.69, 9.17) is 21.1 Å².